The lowest BCUT2D eigenvalue weighted by Gasteiger charge is -2.29. The lowest BCUT2D eigenvalue weighted by molar-refractivity contribution is -0.165. The number of ether oxygens (including phenoxy) is 1. The number of hydrogen-bond acceptors (Lipinski definition) is 4. The maximum Gasteiger partial charge on any atom is 0.312 e. The fraction of sp³-hybridized carbons (Fsp3) is 0.900. The molecule has 1 fully saturated rings. The van der Waals surface area contributed by atoms with Crippen molar-refractivity contribution in [3.63, 3.8) is 0 Å². The van der Waals surface area contributed by atoms with Gasteiger partial charge in [0, 0.05) is 6.54 Å². The molecule has 0 unspecified atom stereocenters. The van der Waals surface area contributed by atoms with Crippen LogP contribution >= 0.6 is 0 Å². The van der Waals surface area contributed by atoms with Crippen LogP contribution in [0.4, 0.5) is 0 Å². The first-order valence-corrected chi connectivity index (χ1v) is 5.02. The van der Waals surface area contributed by atoms with Crippen LogP contribution in [0.1, 0.15) is 27.2 Å². The van der Waals surface area contributed by atoms with Crippen LogP contribution in [0.3, 0.4) is 0 Å². The number of nitrogens with one attached hydrogen (secondary N) is 1. The van der Waals surface area contributed by atoms with Gasteiger partial charge in [0.25, 0.3) is 0 Å². The molecule has 4 nitrogen and oxygen atoms in total. The van der Waals surface area contributed by atoms with Gasteiger partial charge in [-0.25, -0.2) is 0 Å². The number of β-amino-alcohol motifs (C(OH)–C–C–N with tert-alkyl or cyclic N) is 1. The van der Waals surface area contributed by atoms with E-state index in [9.17, 15) is 9.90 Å². The topological polar surface area (TPSA) is 58.6 Å². The molecule has 0 amide bonds. The first-order chi connectivity index (χ1) is 6.40. The Morgan fingerprint density at radius 1 is 1.50 bits per heavy atom. The Balaban J connectivity index is 2.50. The van der Waals surface area contributed by atoms with Crippen LogP contribution in [0, 0.1) is 5.92 Å². The van der Waals surface area contributed by atoms with Gasteiger partial charge in [-0.05, 0) is 33.7 Å². The van der Waals surface area contributed by atoms with Crippen LogP contribution < -0.4 is 5.32 Å². The normalized spacial score (nSPS) is 28.6. The van der Waals surface area contributed by atoms with E-state index >= 15 is 0 Å². The highest BCUT2D eigenvalue weighted by molar-refractivity contribution is 5.73. The Bertz CT molecular complexity index is 210. The minimum absolute atomic E-state index is 0.286. The number of esters is 1. The molecular formula is C10H19NO3. The lowest BCUT2D eigenvalue weighted by Crippen LogP contribution is -2.45. The summed E-state index contributed by atoms with van der Waals surface area (Å²) >= 11 is 0. The maximum atomic E-state index is 11.6. The van der Waals surface area contributed by atoms with E-state index in [1.165, 1.54) is 0 Å². The largest absolute Gasteiger partial charge is 0.460 e. The van der Waals surface area contributed by atoms with Gasteiger partial charge in [0.2, 0.25) is 0 Å². The van der Waals surface area contributed by atoms with E-state index in [1.54, 1.807) is 0 Å². The predicted octanol–water partition coefficient (Wildman–Crippen LogP) is 0.298. The summed E-state index contributed by atoms with van der Waals surface area (Å²) in [6.07, 6.45) is 0.0365. The molecule has 0 spiro atoms. The molecule has 0 aromatic rings. The second-order valence-corrected chi connectivity index (χ2v) is 4.70. The highest BCUT2D eigenvalue weighted by Crippen LogP contribution is 2.18. The SMILES string of the molecule is CC(C)(C)OC(=O)[C@@H]1CCNC[C@@H]1O. The molecule has 1 heterocycles. The third kappa shape index (κ3) is 3.27. The van der Waals surface area contributed by atoms with Crippen molar-refractivity contribution in [2.45, 2.75) is 38.9 Å². The molecule has 1 aliphatic heterocycles. The molecule has 0 aromatic heterocycles. The second kappa shape index (κ2) is 4.28. The van der Waals surface area contributed by atoms with Gasteiger partial charge in [-0.1, -0.05) is 0 Å². The van der Waals surface area contributed by atoms with E-state index in [2.05, 4.69) is 5.32 Å². The molecule has 2 atom stereocenters. The molecule has 4 heteroatoms. The van der Waals surface area contributed by atoms with Crippen molar-refractivity contribution in [3.05, 3.63) is 0 Å². The quantitative estimate of drug-likeness (QED) is 0.599. The van der Waals surface area contributed by atoms with Crippen molar-refractivity contribution in [3.8, 4) is 0 Å². The van der Waals surface area contributed by atoms with Crippen molar-refractivity contribution in [1.82, 2.24) is 5.32 Å². The monoisotopic (exact) mass is 201 g/mol. The van der Waals surface area contributed by atoms with Gasteiger partial charge in [0.15, 0.2) is 0 Å². The standard InChI is InChI=1S/C10H19NO3/c1-10(2,3)14-9(13)7-4-5-11-6-8(7)12/h7-8,11-12H,4-6H2,1-3H3/t7-,8+/m1/s1. The molecular weight excluding hydrogens is 182 g/mol. The van der Waals surface area contributed by atoms with Crippen molar-refractivity contribution < 1.29 is 14.6 Å². The van der Waals surface area contributed by atoms with Crippen LogP contribution in [0.5, 0.6) is 0 Å². The molecule has 1 rings (SSSR count). The van der Waals surface area contributed by atoms with E-state index in [0.29, 0.717) is 13.0 Å². The van der Waals surface area contributed by atoms with E-state index in [4.69, 9.17) is 4.74 Å². The summed E-state index contributed by atoms with van der Waals surface area (Å²) in [7, 11) is 0. The van der Waals surface area contributed by atoms with Gasteiger partial charge in [-0.3, -0.25) is 4.79 Å². The molecule has 2 N–H and O–H groups in total. The Morgan fingerprint density at radius 2 is 2.14 bits per heavy atom. The third-order valence-corrected chi connectivity index (χ3v) is 2.16. The van der Waals surface area contributed by atoms with Gasteiger partial charge in [0.05, 0.1) is 12.0 Å². The summed E-state index contributed by atoms with van der Waals surface area (Å²) in [6.45, 7) is 6.74. The Hall–Kier alpha value is -0.610. The molecule has 0 bridgehead atoms. The highest BCUT2D eigenvalue weighted by atomic mass is 16.6. The number of carbonyl (C=O) groups is 1. The first-order valence-electron chi connectivity index (χ1n) is 5.02. The van der Waals surface area contributed by atoms with Crippen LogP contribution in [0.15, 0.2) is 0 Å². The van der Waals surface area contributed by atoms with Crippen LogP contribution in [0.2, 0.25) is 0 Å². The first kappa shape index (κ1) is 11.5. The lowest BCUT2D eigenvalue weighted by atomic mass is 9.95. The zero-order valence-electron chi connectivity index (χ0n) is 9.04. The predicted molar refractivity (Wildman–Crippen MR) is 52.8 cm³/mol. The average Bonchev–Trinajstić information content (AvgIpc) is 2.01. The molecule has 0 aromatic carbocycles. The van der Waals surface area contributed by atoms with E-state index < -0.39 is 11.7 Å². The number of carbonyl (C=O) groups excluding carboxylic acids is 1. The van der Waals surface area contributed by atoms with Gasteiger partial charge in [0.1, 0.15) is 5.60 Å². The minimum atomic E-state index is -0.612. The molecule has 0 saturated carbocycles. The van der Waals surface area contributed by atoms with E-state index in [1.807, 2.05) is 20.8 Å². The third-order valence-electron chi connectivity index (χ3n) is 2.16. The van der Waals surface area contributed by atoms with Crippen LogP contribution in [-0.2, 0) is 9.53 Å². The zero-order chi connectivity index (χ0) is 10.8. The summed E-state index contributed by atoms with van der Waals surface area (Å²) in [4.78, 5) is 11.6. The molecule has 14 heavy (non-hydrogen) atoms. The number of piperidine rings is 1. The van der Waals surface area contributed by atoms with Gasteiger partial charge < -0.3 is 15.2 Å². The fourth-order valence-electron chi connectivity index (χ4n) is 1.49. The number of aliphatic hydroxyl groups excluding tert-OH is 1. The summed E-state index contributed by atoms with van der Waals surface area (Å²) in [5.74, 6) is -0.651. The Labute approximate surface area is 84.6 Å². The van der Waals surface area contributed by atoms with E-state index in [0.717, 1.165) is 6.54 Å². The molecule has 0 aliphatic carbocycles. The molecule has 1 aliphatic rings. The second-order valence-electron chi connectivity index (χ2n) is 4.70. The summed E-state index contributed by atoms with van der Waals surface area (Å²) in [5, 5.41) is 12.6. The average molecular weight is 201 g/mol. The van der Waals surface area contributed by atoms with E-state index in [-0.39, 0.29) is 11.9 Å². The zero-order valence-corrected chi connectivity index (χ0v) is 9.04. The fourth-order valence-corrected chi connectivity index (χ4v) is 1.49. The minimum Gasteiger partial charge on any atom is -0.460 e. The number of aliphatic hydroxyl groups is 1. The van der Waals surface area contributed by atoms with Gasteiger partial charge in [-0.2, -0.15) is 0 Å². The van der Waals surface area contributed by atoms with Crippen LogP contribution in [0.25, 0.3) is 0 Å². The molecule has 1 saturated heterocycles. The van der Waals surface area contributed by atoms with Crippen molar-refractivity contribution >= 4 is 5.97 Å². The van der Waals surface area contributed by atoms with Crippen LogP contribution in [-0.4, -0.2) is 35.9 Å². The Kier molecular flexibility index (Phi) is 3.50. The Morgan fingerprint density at radius 3 is 2.64 bits per heavy atom. The molecule has 0 radical (unpaired) electrons. The van der Waals surface area contributed by atoms with Crippen molar-refractivity contribution in [2.24, 2.45) is 5.92 Å². The van der Waals surface area contributed by atoms with Crippen molar-refractivity contribution in [2.75, 3.05) is 13.1 Å². The van der Waals surface area contributed by atoms with Gasteiger partial charge in [-0.15, -0.1) is 0 Å². The smallest absolute Gasteiger partial charge is 0.312 e. The summed E-state index contributed by atoms with van der Waals surface area (Å²) in [5.41, 5.74) is -0.471. The van der Waals surface area contributed by atoms with Gasteiger partial charge >= 0.3 is 5.97 Å². The number of rotatable bonds is 1. The summed E-state index contributed by atoms with van der Waals surface area (Å²) in [6, 6.07) is 0. The number of hydrogen-bond donors (Lipinski definition) is 2. The highest BCUT2D eigenvalue weighted by Gasteiger charge is 2.32. The maximum absolute atomic E-state index is 11.6. The van der Waals surface area contributed by atoms with Crippen molar-refractivity contribution in [1.29, 1.82) is 0 Å². The molecule has 82 valence electrons. The summed E-state index contributed by atoms with van der Waals surface area (Å²) < 4.78 is 5.22.